The molecule has 1 aliphatic rings. The number of rotatable bonds is 19. The molecule has 19 heteroatoms. The van der Waals surface area contributed by atoms with Crippen LogP contribution in [-0.2, 0) is 30.7 Å². The van der Waals surface area contributed by atoms with Crippen molar-refractivity contribution in [3.63, 3.8) is 0 Å². The highest BCUT2D eigenvalue weighted by atomic mass is 35.5. The van der Waals surface area contributed by atoms with Crippen LogP contribution in [0.2, 0.25) is 10.0 Å². The van der Waals surface area contributed by atoms with E-state index in [4.69, 9.17) is 42.1 Å². The highest BCUT2D eigenvalue weighted by molar-refractivity contribution is 7.89. The van der Waals surface area contributed by atoms with Gasteiger partial charge in [0.05, 0.1) is 30.4 Å². The van der Waals surface area contributed by atoms with E-state index in [0.717, 1.165) is 31.3 Å². The Morgan fingerprint density at radius 2 is 1.75 bits per heavy atom. The Hall–Kier alpha value is -4.16. The predicted octanol–water partition coefficient (Wildman–Crippen LogP) is 4.99. The monoisotopic (exact) mass is 776 g/mol. The molecule has 3 aromatic rings. The fraction of sp³-hybridized carbons (Fsp3) is 0.406. The van der Waals surface area contributed by atoms with Gasteiger partial charge in [-0.1, -0.05) is 29.3 Å². The number of methoxy groups -OCH3 is 1. The molecule has 2 amide bonds. The van der Waals surface area contributed by atoms with E-state index in [-0.39, 0.29) is 87.7 Å². The van der Waals surface area contributed by atoms with Crippen LogP contribution in [0.5, 0.6) is 17.2 Å². The zero-order valence-electron chi connectivity index (χ0n) is 27.5. The summed E-state index contributed by atoms with van der Waals surface area (Å²) >= 11 is 12.6. The second-order valence-electron chi connectivity index (χ2n) is 11.1. The Morgan fingerprint density at radius 1 is 1.04 bits per heavy atom. The zero-order valence-corrected chi connectivity index (χ0v) is 29.8. The Kier molecular flexibility index (Phi) is 14.3. The van der Waals surface area contributed by atoms with Crippen LogP contribution in [0, 0.1) is 11.1 Å². The summed E-state index contributed by atoms with van der Waals surface area (Å²) in [5.74, 6) is -0.855. The standard InChI is InChI=1S/C32H36Cl2F2N4O10S/c1-3-47-26-9-7-21(13-25(26)39-32(42)37-10-11-46-2)51(44,45)38-15-30(41)49-28(14-22-23(33)16-40(43)17-24(22)34)20-6-8-27(50-31(35)36)29(12-20)48-18-19-4-5-19/h6-9,12-13,16-17,19,28,31,38H,3-5,10-11,14-15,18H2,1-2H3,(H2,37,39,42). The largest absolute Gasteiger partial charge is 0.619 e. The summed E-state index contributed by atoms with van der Waals surface area (Å²) in [5, 5.41) is 16.8. The number of nitrogens with one attached hydrogen (secondary N) is 3. The molecule has 14 nitrogen and oxygen atoms in total. The molecule has 3 N–H and O–H groups in total. The van der Waals surface area contributed by atoms with Crippen LogP contribution in [-0.4, -0.2) is 67.0 Å². The van der Waals surface area contributed by atoms with Crippen molar-refractivity contribution in [1.82, 2.24) is 10.0 Å². The molecule has 0 saturated heterocycles. The van der Waals surface area contributed by atoms with Crippen molar-refractivity contribution in [2.24, 2.45) is 5.92 Å². The minimum absolute atomic E-state index is 0.0311. The summed E-state index contributed by atoms with van der Waals surface area (Å²) < 4.78 is 81.9. The van der Waals surface area contributed by atoms with Crippen LogP contribution in [0.25, 0.3) is 0 Å². The number of sulfonamides is 1. The topological polar surface area (TPSA) is 177 Å². The Morgan fingerprint density at radius 3 is 2.39 bits per heavy atom. The summed E-state index contributed by atoms with van der Waals surface area (Å²) in [7, 11) is -2.90. The maximum absolute atomic E-state index is 13.3. The molecule has 2 aromatic carbocycles. The summed E-state index contributed by atoms with van der Waals surface area (Å²) in [5.41, 5.74) is 0.515. The normalized spacial score (nSPS) is 13.4. The number of benzene rings is 2. The van der Waals surface area contributed by atoms with E-state index in [9.17, 15) is 32.0 Å². The van der Waals surface area contributed by atoms with Gasteiger partial charge in [-0.15, -0.1) is 0 Å². The minimum Gasteiger partial charge on any atom is -0.619 e. The highest BCUT2D eigenvalue weighted by Crippen LogP contribution is 2.38. The van der Waals surface area contributed by atoms with Gasteiger partial charge in [0.25, 0.3) is 0 Å². The van der Waals surface area contributed by atoms with Gasteiger partial charge in [-0.3, -0.25) is 4.79 Å². The number of esters is 1. The van der Waals surface area contributed by atoms with Crippen LogP contribution in [0.15, 0.2) is 53.7 Å². The molecule has 0 radical (unpaired) electrons. The van der Waals surface area contributed by atoms with Gasteiger partial charge in [-0.25, -0.2) is 13.2 Å². The number of amides is 2. The van der Waals surface area contributed by atoms with E-state index in [2.05, 4.69) is 20.1 Å². The summed E-state index contributed by atoms with van der Waals surface area (Å²) in [4.78, 5) is 25.2. The number of carbonyl (C=O) groups excluding carboxylic acids is 2. The number of pyridine rings is 1. The molecule has 0 aliphatic heterocycles. The van der Waals surface area contributed by atoms with Gasteiger partial charge < -0.3 is 39.5 Å². The number of carbonyl (C=O) groups is 2. The molecular formula is C32H36Cl2F2N4O10S. The molecule has 1 unspecified atom stereocenters. The van der Waals surface area contributed by atoms with Crippen molar-refractivity contribution in [1.29, 1.82) is 0 Å². The number of hydrogen-bond acceptors (Lipinski definition) is 10. The molecule has 51 heavy (non-hydrogen) atoms. The van der Waals surface area contributed by atoms with Crippen molar-refractivity contribution in [2.75, 3.05) is 45.3 Å². The van der Waals surface area contributed by atoms with Gasteiger partial charge in [-0.05, 0) is 61.6 Å². The first-order valence-electron chi connectivity index (χ1n) is 15.6. The van der Waals surface area contributed by atoms with Crippen molar-refractivity contribution >= 4 is 50.9 Å². The van der Waals surface area contributed by atoms with Crippen molar-refractivity contribution in [3.8, 4) is 17.2 Å². The third kappa shape index (κ3) is 12.0. The number of hydrogen-bond donors (Lipinski definition) is 3. The van der Waals surface area contributed by atoms with Gasteiger partial charge in [0.2, 0.25) is 10.0 Å². The number of halogens is 4. The van der Waals surface area contributed by atoms with Crippen molar-refractivity contribution in [2.45, 2.75) is 43.8 Å². The van der Waals surface area contributed by atoms with Crippen LogP contribution in [0.4, 0.5) is 19.3 Å². The van der Waals surface area contributed by atoms with E-state index in [1.165, 1.54) is 37.4 Å². The van der Waals surface area contributed by atoms with Gasteiger partial charge in [0.15, 0.2) is 23.9 Å². The average Bonchev–Trinajstić information content (AvgIpc) is 3.90. The summed E-state index contributed by atoms with van der Waals surface area (Å²) in [6, 6.07) is 7.05. The van der Waals surface area contributed by atoms with Crippen LogP contribution >= 0.6 is 23.2 Å². The maximum Gasteiger partial charge on any atom is 0.387 e. The molecule has 1 heterocycles. The first kappa shape index (κ1) is 39.6. The summed E-state index contributed by atoms with van der Waals surface area (Å²) in [6.07, 6.45) is 2.51. The van der Waals surface area contributed by atoms with Crippen LogP contribution in [0.1, 0.15) is 37.0 Å². The lowest BCUT2D eigenvalue weighted by Crippen LogP contribution is -2.32. The molecular weight excluding hydrogens is 741 g/mol. The Bertz CT molecular complexity index is 1780. The number of ether oxygens (including phenoxy) is 5. The maximum atomic E-state index is 13.3. The number of anilines is 1. The first-order valence-corrected chi connectivity index (χ1v) is 17.8. The number of nitrogens with zero attached hydrogens (tertiary/aromatic N) is 1. The smallest absolute Gasteiger partial charge is 0.387 e. The first-order chi connectivity index (χ1) is 24.3. The lowest BCUT2D eigenvalue weighted by molar-refractivity contribution is -0.605. The molecule has 1 saturated carbocycles. The van der Waals surface area contributed by atoms with Crippen LogP contribution in [0.3, 0.4) is 0 Å². The lowest BCUT2D eigenvalue weighted by Gasteiger charge is -2.21. The third-order valence-corrected chi connectivity index (χ3v) is 9.31. The molecule has 1 fully saturated rings. The Balaban J connectivity index is 1.56. The summed E-state index contributed by atoms with van der Waals surface area (Å²) in [6.45, 7) is -1.36. The fourth-order valence-electron chi connectivity index (χ4n) is 4.59. The van der Waals surface area contributed by atoms with Gasteiger partial charge in [-0.2, -0.15) is 18.2 Å². The zero-order chi connectivity index (χ0) is 37.1. The van der Waals surface area contributed by atoms with Crippen molar-refractivity contribution in [3.05, 3.63) is 75.2 Å². The van der Waals surface area contributed by atoms with E-state index < -0.39 is 41.3 Å². The number of alkyl halides is 2. The molecule has 1 aromatic heterocycles. The van der Waals surface area contributed by atoms with E-state index in [1.54, 1.807) is 6.92 Å². The molecule has 1 aliphatic carbocycles. The lowest BCUT2D eigenvalue weighted by atomic mass is 10.0. The molecule has 278 valence electrons. The van der Waals surface area contributed by atoms with E-state index in [0.29, 0.717) is 4.73 Å². The quantitative estimate of drug-likeness (QED) is 0.0651. The van der Waals surface area contributed by atoms with Gasteiger partial charge in [0.1, 0.15) is 28.4 Å². The second-order valence-corrected chi connectivity index (χ2v) is 13.7. The predicted molar refractivity (Wildman–Crippen MR) is 181 cm³/mol. The molecule has 0 spiro atoms. The molecule has 1 atom stereocenters. The number of aromatic nitrogens is 1. The van der Waals surface area contributed by atoms with Crippen molar-refractivity contribution < 1.29 is 55.2 Å². The van der Waals surface area contributed by atoms with Gasteiger partial charge in [0, 0.05) is 25.6 Å². The minimum atomic E-state index is -4.36. The SMILES string of the molecule is CCOc1ccc(S(=O)(=O)NCC(=O)OC(Cc2c(Cl)c[n+]([O-])cc2Cl)c2ccc(OC(F)F)c(OCC3CC3)c2)cc1NC(=O)NCCOC. The third-order valence-electron chi connectivity index (χ3n) is 7.26. The van der Waals surface area contributed by atoms with E-state index in [1.807, 2.05) is 0 Å². The molecule has 0 bridgehead atoms. The average molecular weight is 778 g/mol. The highest BCUT2D eigenvalue weighted by Gasteiger charge is 2.27. The molecule has 4 rings (SSSR count). The van der Waals surface area contributed by atoms with Crippen LogP contribution < -0.4 is 34.3 Å². The second kappa shape index (κ2) is 18.4. The van der Waals surface area contributed by atoms with Gasteiger partial charge >= 0.3 is 18.6 Å². The number of urea groups is 1. The van der Waals surface area contributed by atoms with E-state index >= 15 is 0 Å². The fourth-order valence-corrected chi connectivity index (χ4v) is 6.18. The Labute approximate surface area is 302 Å².